The van der Waals surface area contributed by atoms with E-state index in [9.17, 15) is 14.0 Å². The number of fused-ring (bicyclic) bond motifs is 1. The second-order valence-electron chi connectivity index (χ2n) is 7.35. The number of hydrogen-bond donors (Lipinski definition) is 1. The summed E-state index contributed by atoms with van der Waals surface area (Å²) in [4.78, 5) is 36.8. The lowest BCUT2D eigenvalue weighted by Gasteiger charge is -2.14. The van der Waals surface area contributed by atoms with E-state index in [-0.39, 0.29) is 29.1 Å². The van der Waals surface area contributed by atoms with Crippen LogP contribution in [0.15, 0.2) is 34.2 Å². The number of hydrogen-bond acceptors (Lipinski definition) is 7. The Morgan fingerprint density at radius 3 is 2.60 bits per heavy atom. The molecular formula is C20H22FN5O2S2. The number of anilines is 2. The summed E-state index contributed by atoms with van der Waals surface area (Å²) in [5.74, 6) is -0.546. The molecule has 1 aliphatic rings. The number of thioether (sulfide) groups is 1. The number of rotatable bonds is 6. The molecule has 7 nitrogen and oxygen atoms in total. The van der Waals surface area contributed by atoms with Gasteiger partial charge in [-0.1, -0.05) is 23.1 Å². The van der Waals surface area contributed by atoms with Crippen molar-refractivity contribution in [2.75, 3.05) is 29.1 Å². The van der Waals surface area contributed by atoms with Crippen LogP contribution in [-0.2, 0) is 4.79 Å². The van der Waals surface area contributed by atoms with Crippen molar-refractivity contribution in [3.63, 3.8) is 0 Å². The molecule has 0 unspecified atom stereocenters. The third-order valence-electron chi connectivity index (χ3n) is 4.77. The molecule has 1 aromatic carbocycles. The summed E-state index contributed by atoms with van der Waals surface area (Å²) in [6.45, 7) is 5.73. The number of amides is 1. The van der Waals surface area contributed by atoms with Crippen molar-refractivity contribution in [1.82, 2.24) is 14.5 Å². The lowest BCUT2D eigenvalue weighted by molar-refractivity contribution is -0.113. The van der Waals surface area contributed by atoms with Crippen LogP contribution in [0, 0.1) is 5.82 Å². The van der Waals surface area contributed by atoms with Gasteiger partial charge in [0.15, 0.2) is 15.9 Å². The number of carbonyl (C=O) groups is 1. The van der Waals surface area contributed by atoms with Gasteiger partial charge in [0.25, 0.3) is 5.56 Å². The minimum absolute atomic E-state index is 0.0746. The highest BCUT2D eigenvalue weighted by molar-refractivity contribution is 7.99. The zero-order chi connectivity index (χ0) is 21.3. The van der Waals surface area contributed by atoms with Crippen molar-refractivity contribution in [2.45, 2.75) is 37.9 Å². The molecule has 0 spiro atoms. The largest absolute Gasteiger partial charge is 0.348 e. The second-order valence-corrected chi connectivity index (χ2v) is 9.27. The van der Waals surface area contributed by atoms with Crippen LogP contribution in [0.2, 0.25) is 0 Å². The van der Waals surface area contributed by atoms with E-state index >= 15 is 0 Å². The van der Waals surface area contributed by atoms with Gasteiger partial charge in [-0.05, 0) is 51.0 Å². The number of benzene rings is 1. The van der Waals surface area contributed by atoms with Crippen molar-refractivity contribution in [3.05, 3.63) is 40.4 Å². The van der Waals surface area contributed by atoms with Gasteiger partial charge in [0.05, 0.1) is 5.75 Å². The zero-order valence-electron chi connectivity index (χ0n) is 16.7. The number of thiazole rings is 1. The minimum Gasteiger partial charge on any atom is -0.348 e. The zero-order valence-corrected chi connectivity index (χ0v) is 18.4. The Morgan fingerprint density at radius 1 is 1.23 bits per heavy atom. The third kappa shape index (κ3) is 4.34. The first-order chi connectivity index (χ1) is 14.4. The summed E-state index contributed by atoms with van der Waals surface area (Å²) >= 11 is 2.58. The summed E-state index contributed by atoms with van der Waals surface area (Å²) in [7, 11) is 0. The summed E-state index contributed by atoms with van der Waals surface area (Å²) < 4.78 is 15.2. The molecule has 1 saturated heterocycles. The Bertz CT molecular complexity index is 1120. The van der Waals surface area contributed by atoms with Gasteiger partial charge in [-0.2, -0.15) is 4.98 Å². The molecule has 4 rings (SSSR count). The molecule has 0 atom stereocenters. The topological polar surface area (TPSA) is 80.1 Å². The van der Waals surface area contributed by atoms with Crippen molar-refractivity contribution in [2.24, 2.45) is 0 Å². The van der Waals surface area contributed by atoms with Crippen LogP contribution in [0.1, 0.15) is 32.7 Å². The Morgan fingerprint density at radius 2 is 1.93 bits per heavy atom. The van der Waals surface area contributed by atoms with Gasteiger partial charge >= 0.3 is 0 Å². The van der Waals surface area contributed by atoms with Crippen molar-refractivity contribution >= 4 is 50.2 Å². The van der Waals surface area contributed by atoms with E-state index in [4.69, 9.17) is 0 Å². The highest BCUT2D eigenvalue weighted by Crippen LogP contribution is 2.30. The predicted molar refractivity (Wildman–Crippen MR) is 119 cm³/mol. The van der Waals surface area contributed by atoms with E-state index in [0.29, 0.717) is 21.2 Å². The summed E-state index contributed by atoms with van der Waals surface area (Å²) in [6, 6.07) is 5.47. The Hall–Kier alpha value is -2.46. The lowest BCUT2D eigenvalue weighted by Crippen LogP contribution is -2.25. The SMILES string of the molecule is CC(C)n1c(SCC(=O)Nc2ccc(F)cc2)nc2nc(N3CCCC3)sc2c1=O. The first kappa shape index (κ1) is 20.8. The van der Waals surface area contributed by atoms with E-state index in [1.54, 1.807) is 4.57 Å². The molecule has 30 heavy (non-hydrogen) atoms. The molecule has 1 N–H and O–H groups in total. The normalized spacial score (nSPS) is 14.1. The fraction of sp³-hybridized carbons (Fsp3) is 0.400. The summed E-state index contributed by atoms with van der Waals surface area (Å²) in [6.07, 6.45) is 2.26. The molecular weight excluding hydrogens is 425 g/mol. The molecule has 2 aromatic heterocycles. The molecule has 158 valence electrons. The van der Waals surface area contributed by atoms with Crippen LogP contribution in [0.5, 0.6) is 0 Å². The van der Waals surface area contributed by atoms with Gasteiger partial charge in [0, 0.05) is 24.8 Å². The van der Waals surface area contributed by atoms with E-state index < -0.39 is 0 Å². The standard InChI is InChI=1S/C20H22FN5O2S2/c1-12(2)26-18(28)16-17(23-19(30-16)25-9-3-4-10-25)24-20(26)29-11-15(27)22-14-7-5-13(21)6-8-14/h5-8,12H,3-4,9-11H2,1-2H3,(H,22,27). The molecule has 0 radical (unpaired) electrons. The fourth-order valence-electron chi connectivity index (χ4n) is 3.32. The van der Waals surface area contributed by atoms with Gasteiger partial charge in [0.1, 0.15) is 10.5 Å². The maximum absolute atomic E-state index is 13.1. The van der Waals surface area contributed by atoms with Gasteiger partial charge in [0.2, 0.25) is 5.91 Å². The maximum atomic E-state index is 13.1. The fourth-order valence-corrected chi connectivity index (χ4v) is 5.23. The minimum atomic E-state index is -0.364. The van der Waals surface area contributed by atoms with Gasteiger partial charge < -0.3 is 10.2 Å². The number of nitrogens with zero attached hydrogens (tertiary/aromatic N) is 4. The van der Waals surface area contributed by atoms with Crippen LogP contribution < -0.4 is 15.8 Å². The summed E-state index contributed by atoms with van der Waals surface area (Å²) in [5.41, 5.74) is 0.825. The molecule has 3 aromatic rings. The van der Waals surface area contributed by atoms with Gasteiger partial charge in [-0.25, -0.2) is 9.37 Å². The molecule has 0 bridgehead atoms. The van der Waals surface area contributed by atoms with Gasteiger partial charge in [-0.3, -0.25) is 14.2 Å². The van der Waals surface area contributed by atoms with Crippen molar-refractivity contribution in [3.8, 4) is 0 Å². The van der Waals surface area contributed by atoms with E-state index in [1.165, 1.54) is 47.4 Å². The number of aromatic nitrogens is 3. The summed E-state index contributed by atoms with van der Waals surface area (Å²) in [5, 5.41) is 4.02. The van der Waals surface area contributed by atoms with E-state index in [0.717, 1.165) is 31.1 Å². The highest BCUT2D eigenvalue weighted by Gasteiger charge is 2.22. The van der Waals surface area contributed by atoms with Crippen LogP contribution in [0.3, 0.4) is 0 Å². The molecule has 1 aliphatic heterocycles. The van der Waals surface area contributed by atoms with Crippen LogP contribution in [-0.4, -0.2) is 39.3 Å². The van der Waals surface area contributed by atoms with Crippen LogP contribution >= 0.6 is 23.1 Å². The van der Waals surface area contributed by atoms with E-state index in [2.05, 4.69) is 20.2 Å². The molecule has 1 fully saturated rings. The molecule has 0 aliphatic carbocycles. The number of halogens is 1. The first-order valence-electron chi connectivity index (χ1n) is 9.78. The molecule has 0 saturated carbocycles. The first-order valence-corrected chi connectivity index (χ1v) is 11.6. The highest BCUT2D eigenvalue weighted by atomic mass is 32.2. The van der Waals surface area contributed by atoms with E-state index in [1.807, 2.05) is 13.8 Å². The second kappa shape index (κ2) is 8.73. The maximum Gasteiger partial charge on any atom is 0.274 e. The molecule has 1 amide bonds. The predicted octanol–water partition coefficient (Wildman–Crippen LogP) is 3.90. The Labute approximate surface area is 181 Å². The van der Waals surface area contributed by atoms with Crippen LogP contribution in [0.4, 0.5) is 15.2 Å². The number of nitrogens with one attached hydrogen (secondary N) is 1. The van der Waals surface area contributed by atoms with Gasteiger partial charge in [-0.15, -0.1) is 0 Å². The quantitative estimate of drug-likeness (QED) is 0.456. The number of carbonyl (C=O) groups excluding carboxylic acids is 1. The Kier molecular flexibility index (Phi) is 6.05. The third-order valence-corrected chi connectivity index (χ3v) is 6.82. The average Bonchev–Trinajstić information content (AvgIpc) is 3.37. The van der Waals surface area contributed by atoms with Crippen LogP contribution in [0.25, 0.3) is 10.3 Å². The molecule has 10 heteroatoms. The van der Waals surface area contributed by atoms with Crippen molar-refractivity contribution in [1.29, 1.82) is 0 Å². The lowest BCUT2D eigenvalue weighted by atomic mass is 10.3. The monoisotopic (exact) mass is 447 g/mol. The smallest absolute Gasteiger partial charge is 0.274 e. The van der Waals surface area contributed by atoms with Crippen molar-refractivity contribution < 1.29 is 9.18 Å². The molecule has 3 heterocycles. The average molecular weight is 448 g/mol. The Balaban J connectivity index is 1.57.